The number of amides is 1. The van der Waals surface area contributed by atoms with Gasteiger partial charge in [0.1, 0.15) is 5.82 Å². The lowest BCUT2D eigenvalue weighted by molar-refractivity contribution is -0.125. The van der Waals surface area contributed by atoms with Gasteiger partial charge in [0.2, 0.25) is 15.9 Å². The topological polar surface area (TPSA) is 66.5 Å². The van der Waals surface area contributed by atoms with E-state index in [1.165, 1.54) is 22.0 Å². The van der Waals surface area contributed by atoms with Crippen molar-refractivity contribution < 1.29 is 17.6 Å². The number of benzene rings is 2. The second-order valence-corrected chi connectivity index (χ2v) is 10.0. The highest BCUT2D eigenvalue weighted by Crippen LogP contribution is 2.24. The number of halogens is 1. The predicted molar refractivity (Wildman–Crippen MR) is 113 cm³/mol. The molecule has 2 aromatic rings. The fraction of sp³-hybridized carbons (Fsp3) is 0.381. The summed E-state index contributed by atoms with van der Waals surface area (Å²) in [5.41, 5.74) is 1.25. The van der Waals surface area contributed by atoms with Crippen molar-refractivity contribution in [1.82, 2.24) is 9.62 Å². The molecule has 0 spiro atoms. The van der Waals surface area contributed by atoms with Crippen LogP contribution in [0.1, 0.15) is 18.4 Å². The number of hydrogen-bond donors (Lipinski definition) is 1. The summed E-state index contributed by atoms with van der Waals surface area (Å²) in [6, 6.07) is 14.9. The molecule has 1 atom stereocenters. The van der Waals surface area contributed by atoms with Crippen molar-refractivity contribution in [2.24, 2.45) is 5.92 Å². The first-order valence-corrected chi connectivity index (χ1v) is 12.2. The van der Waals surface area contributed by atoms with Crippen LogP contribution >= 0.6 is 11.8 Å². The Hall–Kier alpha value is -1.90. The van der Waals surface area contributed by atoms with E-state index in [2.05, 4.69) is 17.4 Å². The lowest BCUT2D eigenvalue weighted by atomic mass is 9.99. The summed E-state index contributed by atoms with van der Waals surface area (Å²) in [7, 11) is -3.72. The van der Waals surface area contributed by atoms with Gasteiger partial charge in [0.05, 0.1) is 10.8 Å². The second kappa shape index (κ2) is 10.2. The van der Waals surface area contributed by atoms with Crippen LogP contribution in [0.5, 0.6) is 0 Å². The van der Waals surface area contributed by atoms with Gasteiger partial charge in [0.15, 0.2) is 0 Å². The van der Waals surface area contributed by atoms with E-state index < -0.39 is 15.8 Å². The van der Waals surface area contributed by atoms with Crippen molar-refractivity contribution >= 4 is 27.7 Å². The molecule has 1 aliphatic heterocycles. The Kier molecular flexibility index (Phi) is 7.69. The van der Waals surface area contributed by atoms with E-state index in [4.69, 9.17) is 0 Å². The van der Waals surface area contributed by atoms with Crippen molar-refractivity contribution in [3.8, 4) is 0 Å². The molecule has 0 radical (unpaired) electrons. The van der Waals surface area contributed by atoms with Crippen LogP contribution in [0.15, 0.2) is 59.5 Å². The van der Waals surface area contributed by atoms with Gasteiger partial charge in [-0.05, 0) is 42.7 Å². The highest BCUT2D eigenvalue weighted by molar-refractivity contribution is 7.98. The highest BCUT2D eigenvalue weighted by atomic mass is 32.2. The van der Waals surface area contributed by atoms with Crippen molar-refractivity contribution in [2.75, 3.05) is 25.4 Å². The van der Waals surface area contributed by atoms with Crippen LogP contribution in [0, 0.1) is 11.7 Å². The quantitative estimate of drug-likeness (QED) is 0.645. The predicted octanol–water partition coefficient (Wildman–Crippen LogP) is 3.28. The summed E-state index contributed by atoms with van der Waals surface area (Å²) < 4.78 is 40.0. The smallest absolute Gasteiger partial charge is 0.243 e. The molecule has 2 aromatic carbocycles. The number of rotatable bonds is 8. The molecule has 5 nitrogen and oxygen atoms in total. The lowest BCUT2D eigenvalue weighted by Gasteiger charge is -2.31. The Balaban J connectivity index is 1.47. The molecule has 29 heavy (non-hydrogen) atoms. The third-order valence-electron chi connectivity index (χ3n) is 4.86. The van der Waals surface area contributed by atoms with Crippen molar-refractivity contribution in [1.29, 1.82) is 0 Å². The largest absolute Gasteiger partial charge is 0.355 e. The van der Waals surface area contributed by atoms with Crippen LogP contribution < -0.4 is 5.32 Å². The average Bonchev–Trinajstić information content (AvgIpc) is 2.74. The van der Waals surface area contributed by atoms with Crippen molar-refractivity contribution in [3.05, 3.63) is 66.0 Å². The zero-order chi connectivity index (χ0) is 20.7. The molecular weight excluding hydrogens is 411 g/mol. The van der Waals surface area contributed by atoms with Gasteiger partial charge in [0.25, 0.3) is 0 Å². The summed E-state index contributed by atoms with van der Waals surface area (Å²) >= 11 is 1.75. The van der Waals surface area contributed by atoms with Crippen LogP contribution in [0.25, 0.3) is 0 Å². The standard InChI is InChI=1S/C21H25FN2O3S2/c22-19-8-10-20(11-9-19)29(26,27)24-13-4-7-18(15-24)21(25)23-12-14-28-16-17-5-2-1-3-6-17/h1-3,5-6,8-11,18H,4,7,12-16H2,(H,23,25)/t18-/m0/s1. The Morgan fingerprint density at radius 2 is 1.86 bits per heavy atom. The van der Waals surface area contributed by atoms with E-state index in [-0.39, 0.29) is 23.3 Å². The first kappa shape index (κ1) is 21.8. The van der Waals surface area contributed by atoms with E-state index in [1.54, 1.807) is 11.8 Å². The number of sulfonamides is 1. The molecule has 1 fully saturated rings. The number of carbonyl (C=O) groups is 1. The van der Waals surface area contributed by atoms with Gasteiger partial charge in [-0.2, -0.15) is 16.1 Å². The highest BCUT2D eigenvalue weighted by Gasteiger charge is 2.33. The van der Waals surface area contributed by atoms with E-state index in [9.17, 15) is 17.6 Å². The molecule has 8 heteroatoms. The van der Waals surface area contributed by atoms with Gasteiger partial charge in [-0.3, -0.25) is 4.79 Å². The molecule has 0 aromatic heterocycles. The van der Waals surface area contributed by atoms with Gasteiger partial charge < -0.3 is 5.32 Å². The first-order valence-electron chi connectivity index (χ1n) is 9.62. The first-order chi connectivity index (χ1) is 14.0. The summed E-state index contributed by atoms with van der Waals surface area (Å²) in [6.07, 6.45) is 1.29. The van der Waals surface area contributed by atoms with Gasteiger partial charge in [0, 0.05) is 31.1 Å². The normalized spacial score (nSPS) is 17.8. The van der Waals surface area contributed by atoms with Crippen LogP contribution in [0.4, 0.5) is 4.39 Å². The molecule has 1 heterocycles. The molecule has 0 unspecified atom stereocenters. The lowest BCUT2D eigenvalue weighted by Crippen LogP contribution is -2.45. The van der Waals surface area contributed by atoms with Crippen LogP contribution in [-0.2, 0) is 20.6 Å². The molecule has 0 aliphatic carbocycles. The maximum absolute atomic E-state index is 13.1. The maximum atomic E-state index is 13.1. The minimum atomic E-state index is -3.72. The van der Waals surface area contributed by atoms with Gasteiger partial charge in [-0.1, -0.05) is 30.3 Å². The van der Waals surface area contributed by atoms with E-state index in [1.807, 2.05) is 18.2 Å². The molecule has 1 saturated heterocycles. The Bertz CT molecular complexity index is 905. The van der Waals surface area contributed by atoms with Crippen LogP contribution in [-0.4, -0.2) is 44.0 Å². The summed E-state index contributed by atoms with van der Waals surface area (Å²) in [5, 5.41) is 2.93. The Labute approximate surface area is 175 Å². The fourth-order valence-corrected chi connectivity index (χ4v) is 5.63. The number of piperidine rings is 1. The molecule has 0 bridgehead atoms. The zero-order valence-electron chi connectivity index (χ0n) is 16.1. The molecule has 1 amide bonds. The average molecular weight is 437 g/mol. The molecule has 156 valence electrons. The number of thioether (sulfide) groups is 1. The minimum Gasteiger partial charge on any atom is -0.355 e. The second-order valence-electron chi connectivity index (χ2n) is 6.99. The van der Waals surface area contributed by atoms with E-state index in [0.29, 0.717) is 25.9 Å². The van der Waals surface area contributed by atoms with Crippen LogP contribution in [0.3, 0.4) is 0 Å². The zero-order valence-corrected chi connectivity index (χ0v) is 17.7. The van der Waals surface area contributed by atoms with Gasteiger partial charge in [-0.15, -0.1) is 0 Å². The number of nitrogens with one attached hydrogen (secondary N) is 1. The number of carbonyl (C=O) groups excluding carboxylic acids is 1. The number of hydrogen-bond acceptors (Lipinski definition) is 4. The van der Waals surface area contributed by atoms with Gasteiger partial charge in [-0.25, -0.2) is 12.8 Å². The van der Waals surface area contributed by atoms with Crippen LogP contribution in [0.2, 0.25) is 0 Å². The third kappa shape index (κ3) is 6.04. The minimum absolute atomic E-state index is 0.0530. The molecule has 0 saturated carbocycles. The SMILES string of the molecule is O=C(NCCSCc1ccccc1)[C@H]1CCCN(S(=O)(=O)c2ccc(F)cc2)C1. The van der Waals surface area contributed by atoms with E-state index >= 15 is 0 Å². The number of nitrogens with zero attached hydrogens (tertiary/aromatic N) is 1. The molecule has 1 N–H and O–H groups in total. The monoisotopic (exact) mass is 436 g/mol. The Morgan fingerprint density at radius 3 is 2.59 bits per heavy atom. The van der Waals surface area contributed by atoms with Crippen molar-refractivity contribution in [3.63, 3.8) is 0 Å². The van der Waals surface area contributed by atoms with Crippen molar-refractivity contribution in [2.45, 2.75) is 23.5 Å². The fourth-order valence-electron chi connectivity index (χ4n) is 3.29. The molecule has 3 rings (SSSR count). The van der Waals surface area contributed by atoms with E-state index in [0.717, 1.165) is 23.6 Å². The summed E-state index contributed by atoms with van der Waals surface area (Å²) in [5.74, 6) is 0.738. The Morgan fingerprint density at radius 1 is 1.14 bits per heavy atom. The maximum Gasteiger partial charge on any atom is 0.243 e. The molecule has 1 aliphatic rings. The molecular formula is C21H25FN2O3S2. The third-order valence-corrected chi connectivity index (χ3v) is 7.77. The summed E-state index contributed by atoms with van der Waals surface area (Å²) in [6.45, 7) is 1.08. The van der Waals surface area contributed by atoms with Gasteiger partial charge >= 0.3 is 0 Å². The summed E-state index contributed by atoms with van der Waals surface area (Å²) in [4.78, 5) is 12.5.